The third kappa shape index (κ3) is 3.36. The zero-order valence-electron chi connectivity index (χ0n) is 12.3. The average Bonchev–Trinajstić information content (AvgIpc) is 2.64. The lowest BCUT2D eigenvalue weighted by molar-refractivity contribution is -0.120. The Morgan fingerprint density at radius 1 is 1.40 bits per heavy atom. The van der Waals surface area contributed by atoms with Crippen LogP contribution in [0.4, 0.5) is 5.69 Å². The maximum absolute atomic E-state index is 11.8. The molecule has 0 spiro atoms. The number of hydrogen-bond acceptors (Lipinski definition) is 3. The number of nitrogens with zero attached hydrogens (tertiary/aromatic N) is 2. The van der Waals surface area contributed by atoms with Crippen molar-refractivity contribution in [3.63, 3.8) is 0 Å². The maximum atomic E-state index is 11.8. The van der Waals surface area contributed by atoms with E-state index in [1.807, 2.05) is 37.2 Å². The fourth-order valence-corrected chi connectivity index (χ4v) is 2.30. The van der Waals surface area contributed by atoms with Crippen molar-refractivity contribution in [2.24, 2.45) is 0 Å². The van der Waals surface area contributed by atoms with Crippen LogP contribution in [-0.4, -0.2) is 50.9 Å². The van der Waals surface area contributed by atoms with E-state index in [0.29, 0.717) is 19.4 Å². The number of rotatable bonds is 5. The minimum absolute atomic E-state index is 0.0180. The lowest BCUT2D eigenvalue weighted by atomic mass is 10.1. The quantitative estimate of drug-likeness (QED) is 0.847. The SMILES string of the molecule is CN(C)CCNC(=O)Cc1ccc2c(c1)CC(=O)N2C. The Morgan fingerprint density at radius 3 is 2.85 bits per heavy atom. The van der Waals surface area contributed by atoms with Gasteiger partial charge < -0.3 is 15.1 Å². The molecule has 0 saturated heterocycles. The van der Waals surface area contributed by atoms with E-state index in [4.69, 9.17) is 0 Å². The molecule has 0 atom stereocenters. The molecule has 1 aliphatic heterocycles. The van der Waals surface area contributed by atoms with Crippen LogP contribution in [0.3, 0.4) is 0 Å². The molecule has 0 saturated carbocycles. The lowest BCUT2D eigenvalue weighted by Gasteiger charge is -2.12. The number of anilines is 1. The van der Waals surface area contributed by atoms with Crippen molar-refractivity contribution in [1.29, 1.82) is 0 Å². The molecule has 5 nitrogen and oxygen atoms in total. The fraction of sp³-hybridized carbons (Fsp3) is 0.467. The maximum Gasteiger partial charge on any atom is 0.231 e. The molecule has 0 aromatic heterocycles. The molecule has 108 valence electrons. The zero-order chi connectivity index (χ0) is 14.7. The second-order valence-electron chi connectivity index (χ2n) is 5.42. The molecule has 2 rings (SSSR count). The molecule has 1 aromatic rings. The molecule has 0 fully saturated rings. The molecule has 1 N–H and O–H groups in total. The summed E-state index contributed by atoms with van der Waals surface area (Å²) in [5, 5.41) is 2.89. The van der Waals surface area contributed by atoms with Gasteiger partial charge in [-0.3, -0.25) is 9.59 Å². The lowest BCUT2D eigenvalue weighted by Crippen LogP contribution is -2.32. The zero-order valence-corrected chi connectivity index (χ0v) is 12.3. The Balaban J connectivity index is 1.93. The Labute approximate surface area is 119 Å². The summed E-state index contributed by atoms with van der Waals surface area (Å²) in [6.45, 7) is 1.48. The largest absolute Gasteiger partial charge is 0.355 e. The van der Waals surface area contributed by atoms with E-state index >= 15 is 0 Å². The number of benzene rings is 1. The van der Waals surface area contributed by atoms with Crippen LogP contribution in [0, 0.1) is 0 Å². The highest BCUT2D eigenvalue weighted by Gasteiger charge is 2.23. The minimum atomic E-state index is 0.0180. The van der Waals surface area contributed by atoms with Crippen LogP contribution in [0.15, 0.2) is 18.2 Å². The van der Waals surface area contributed by atoms with Crippen LogP contribution in [0.2, 0.25) is 0 Å². The Kier molecular flexibility index (Phi) is 4.39. The summed E-state index contributed by atoms with van der Waals surface area (Å²) in [5.41, 5.74) is 2.91. The van der Waals surface area contributed by atoms with Gasteiger partial charge in [0, 0.05) is 25.8 Å². The fourth-order valence-electron chi connectivity index (χ4n) is 2.30. The van der Waals surface area contributed by atoms with Crippen LogP contribution >= 0.6 is 0 Å². The summed E-state index contributed by atoms with van der Waals surface area (Å²) >= 11 is 0. The first kappa shape index (κ1) is 14.5. The summed E-state index contributed by atoms with van der Waals surface area (Å²) in [6, 6.07) is 5.80. The van der Waals surface area contributed by atoms with E-state index in [1.54, 1.807) is 11.9 Å². The molecule has 0 radical (unpaired) electrons. The van der Waals surface area contributed by atoms with Gasteiger partial charge in [0.1, 0.15) is 0 Å². The van der Waals surface area contributed by atoms with Crippen molar-refractivity contribution in [2.75, 3.05) is 39.1 Å². The number of hydrogen-bond donors (Lipinski definition) is 1. The van der Waals surface area contributed by atoms with Gasteiger partial charge in [0.2, 0.25) is 11.8 Å². The summed E-state index contributed by atoms with van der Waals surface area (Å²) in [5.74, 6) is 0.122. The van der Waals surface area contributed by atoms with E-state index in [0.717, 1.165) is 23.4 Å². The second kappa shape index (κ2) is 6.05. The molecule has 0 bridgehead atoms. The number of likely N-dealkylation sites (N-methyl/N-ethyl adjacent to an activating group) is 2. The van der Waals surface area contributed by atoms with E-state index in [2.05, 4.69) is 5.32 Å². The van der Waals surface area contributed by atoms with Gasteiger partial charge in [0.15, 0.2) is 0 Å². The predicted octanol–water partition coefficient (Wildman–Crippen LogP) is 0.426. The van der Waals surface area contributed by atoms with Crippen molar-refractivity contribution < 1.29 is 9.59 Å². The van der Waals surface area contributed by atoms with Gasteiger partial charge in [-0.1, -0.05) is 12.1 Å². The van der Waals surface area contributed by atoms with Gasteiger partial charge in [-0.05, 0) is 31.3 Å². The summed E-state index contributed by atoms with van der Waals surface area (Å²) in [7, 11) is 5.72. The summed E-state index contributed by atoms with van der Waals surface area (Å²) < 4.78 is 0. The predicted molar refractivity (Wildman–Crippen MR) is 78.8 cm³/mol. The Hall–Kier alpha value is -1.88. The van der Waals surface area contributed by atoms with Gasteiger partial charge in [-0.2, -0.15) is 0 Å². The monoisotopic (exact) mass is 275 g/mol. The van der Waals surface area contributed by atoms with Gasteiger partial charge in [0.05, 0.1) is 12.8 Å². The second-order valence-corrected chi connectivity index (χ2v) is 5.42. The molecule has 0 aliphatic carbocycles. The van der Waals surface area contributed by atoms with Gasteiger partial charge in [-0.15, -0.1) is 0 Å². The van der Waals surface area contributed by atoms with Crippen molar-refractivity contribution in [3.8, 4) is 0 Å². The first-order valence-electron chi connectivity index (χ1n) is 6.77. The number of nitrogens with one attached hydrogen (secondary N) is 1. The number of fused-ring (bicyclic) bond motifs is 1. The normalized spacial score (nSPS) is 13.8. The van der Waals surface area contributed by atoms with Crippen molar-refractivity contribution in [2.45, 2.75) is 12.8 Å². The smallest absolute Gasteiger partial charge is 0.231 e. The third-order valence-corrected chi connectivity index (χ3v) is 3.47. The van der Waals surface area contributed by atoms with Crippen molar-refractivity contribution in [1.82, 2.24) is 10.2 Å². The number of carbonyl (C=O) groups is 2. The number of amides is 2. The molecule has 2 amide bonds. The summed E-state index contributed by atoms with van der Waals surface area (Å²) in [6.07, 6.45) is 0.792. The molecule has 5 heteroatoms. The first-order valence-corrected chi connectivity index (χ1v) is 6.77. The third-order valence-electron chi connectivity index (χ3n) is 3.47. The molecular weight excluding hydrogens is 254 g/mol. The Morgan fingerprint density at radius 2 is 2.15 bits per heavy atom. The van der Waals surface area contributed by atoms with E-state index in [9.17, 15) is 9.59 Å². The van der Waals surface area contributed by atoms with Gasteiger partial charge >= 0.3 is 0 Å². The summed E-state index contributed by atoms with van der Waals surface area (Å²) in [4.78, 5) is 27.1. The number of carbonyl (C=O) groups excluding carboxylic acids is 2. The Bertz CT molecular complexity index is 526. The highest BCUT2D eigenvalue weighted by molar-refractivity contribution is 6.01. The van der Waals surface area contributed by atoms with Crippen molar-refractivity contribution in [3.05, 3.63) is 29.3 Å². The highest BCUT2D eigenvalue weighted by Crippen LogP contribution is 2.28. The topological polar surface area (TPSA) is 52.7 Å². The molecule has 1 heterocycles. The molecule has 0 unspecified atom stereocenters. The van der Waals surface area contributed by atoms with E-state index in [1.165, 1.54) is 0 Å². The highest BCUT2D eigenvalue weighted by atomic mass is 16.2. The van der Waals surface area contributed by atoms with Crippen LogP contribution in [0.5, 0.6) is 0 Å². The van der Waals surface area contributed by atoms with Crippen LogP contribution in [0.1, 0.15) is 11.1 Å². The van der Waals surface area contributed by atoms with Gasteiger partial charge in [-0.25, -0.2) is 0 Å². The van der Waals surface area contributed by atoms with Crippen molar-refractivity contribution >= 4 is 17.5 Å². The molecular formula is C15H21N3O2. The van der Waals surface area contributed by atoms with E-state index < -0.39 is 0 Å². The minimum Gasteiger partial charge on any atom is -0.355 e. The van der Waals surface area contributed by atoms with Crippen LogP contribution in [0.25, 0.3) is 0 Å². The molecule has 1 aromatic carbocycles. The molecule has 1 aliphatic rings. The van der Waals surface area contributed by atoms with Crippen LogP contribution in [-0.2, 0) is 22.4 Å². The standard InChI is InChI=1S/C15H21N3O2/c1-17(2)7-6-16-14(19)9-11-4-5-13-12(8-11)10-15(20)18(13)3/h4-5,8H,6-7,9-10H2,1-3H3,(H,16,19). The molecule has 20 heavy (non-hydrogen) atoms. The van der Waals surface area contributed by atoms with E-state index in [-0.39, 0.29) is 11.8 Å². The average molecular weight is 275 g/mol. The van der Waals surface area contributed by atoms with Gasteiger partial charge in [0.25, 0.3) is 0 Å². The van der Waals surface area contributed by atoms with Crippen LogP contribution < -0.4 is 10.2 Å². The first-order chi connectivity index (χ1) is 9.47.